The number of amides is 1. The van der Waals surface area contributed by atoms with Crippen molar-refractivity contribution >= 4 is 5.91 Å². The first kappa shape index (κ1) is 67.0. The molecule has 0 aromatic heterocycles. The Morgan fingerprint density at radius 1 is 0.352 bits per heavy atom. The Labute approximate surface area is 439 Å². The highest BCUT2D eigenvalue weighted by Gasteiger charge is 2.17. The van der Waals surface area contributed by atoms with E-state index in [1.807, 2.05) is 6.08 Å². The molecule has 0 aliphatic carbocycles. The standard InChI is InChI=1S/C67H109NO3/c1-3-5-7-9-11-13-15-17-19-21-23-25-26-27-28-29-30-31-32-33-34-35-36-37-38-39-40-41-42-43-45-47-49-51-53-55-57-59-61-63-67(71)68-65(64-69)66(70)62-60-58-56-54-52-50-48-46-44-24-22-20-18-16-14-12-10-8-6-4-2/h5,7,11,13,17,19,23,25,27-28,30-31,33-34,36-37,39-40,42-43,47,49,53,55,60,62,65-66,69-70H,3-4,6,8-10,12,14-16,18,20-22,24,26,29,32,35,38,41,44-46,48,50-52,54,56-59,61,63-64H2,1-2H3,(H,68,71)/b7-5-,13-11-,19-17-,25-23-,28-27-,31-30-,34-33-,37-36-,40-39-,43-42-,49-47-,55-53-,62-60+. The number of unbranched alkanes of at least 4 members (excludes halogenated alkanes) is 20. The fraction of sp³-hybridized carbons (Fsp3) is 0.597. The molecule has 0 spiro atoms. The van der Waals surface area contributed by atoms with Crippen LogP contribution in [-0.4, -0.2) is 34.9 Å². The van der Waals surface area contributed by atoms with Crippen molar-refractivity contribution in [2.45, 2.75) is 251 Å². The van der Waals surface area contributed by atoms with Crippen LogP contribution in [0.2, 0.25) is 0 Å². The smallest absolute Gasteiger partial charge is 0.220 e. The molecule has 0 heterocycles. The van der Waals surface area contributed by atoms with E-state index in [-0.39, 0.29) is 12.5 Å². The van der Waals surface area contributed by atoms with Crippen LogP contribution in [-0.2, 0) is 4.79 Å². The van der Waals surface area contributed by atoms with Crippen molar-refractivity contribution in [3.8, 4) is 0 Å². The quantitative estimate of drug-likeness (QED) is 0.0420. The number of hydrogen-bond acceptors (Lipinski definition) is 3. The molecule has 0 bridgehead atoms. The first-order valence-electron chi connectivity index (χ1n) is 29.2. The second kappa shape index (κ2) is 60.3. The molecule has 0 rings (SSSR count). The van der Waals surface area contributed by atoms with Gasteiger partial charge in [-0.15, -0.1) is 0 Å². The SMILES string of the molecule is CC/C=C\C/C=C\C/C=C\C/C=C\C/C=C\C/C=C\C/C=C\C/C=C\C/C=C\C/C=C\C/C=C\C/C=C\CCCCC(=O)NC(CO)C(O)/C=C/CCCCCCCCCCCCCCCCCCCC. The fourth-order valence-electron chi connectivity index (χ4n) is 7.87. The highest BCUT2D eigenvalue weighted by Crippen LogP contribution is 2.15. The maximum atomic E-state index is 12.5. The van der Waals surface area contributed by atoms with Crippen LogP contribution in [0.15, 0.2) is 158 Å². The molecule has 4 nitrogen and oxygen atoms in total. The third kappa shape index (κ3) is 56.8. The van der Waals surface area contributed by atoms with Crippen LogP contribution in [0.25, 0.3) is 0 Å². The minimum absolute atomic E-state index is 0.111. The topological polar surface area (TPSA) is 69.6 Å². The lowest BCUT2D eigenvalue weighted by atomic mass is 10.0. The van der Waals surface area contributed by atoms with Crippen LogP contribution in [0, 0.1) is 0 Å². The van der Waals surface area contributed by atoms with E-state index in [1.54, 1.807) is 6.08 Å². The van der Waals surface area contributed by atoms with Crippen molar-refractivity contribution in [2.24, 2.45) is 0 Å². The zero-order chi connectivity index (χ0) is 51.3. The summed E-state index contributed by atoms with van der Waals surface area (Å²) in [6.07, 6.45) is 96.8. The van der Waals surface area contributed by atoms with Gasteiger partial charge in [0, 0.05) is 6.42 Å². The lowest BCUT2D eigenvalue weighted by Crippen LogP contribution is -2.45. The lowest BCUT2D eigenvalue weighted by Gasteiger charge is -2.19. The van der Waals surface area contributed by atoms with Gasteiger partial charge in [0.2, 0.25) is 5.91 Å². The molecular weight excluding hydrogens is 867 g/mol. The van der Waals surface area contributed by atoms with E-state index in [4.69, 9.17) is 0 Å². The summed E-state index contributed by atoms with van der Waals surface area (Å²) >= 11 is 0. The highest BCUT2D eigenvalue weighted by atomic mass is 16.3. The van der Waals surface area contributed by atoms with Crippen molar-refractivity contribution in [2.75, 3.05) is 6.61 Å². The molecule has 3 N–H and O–H groups in total. The molecule has 400 valence electrons. The summed E-state index contributed by atoms with van der Waals surface area (Å²) in [5, 5.41) is 23.1. The average molecular weight is 977 g/mol. The molecule has 4 heteroatoms. The van der Waals surface area contributed by atoms with Crippen molar-refractivity contribution < 1.29 is 15.0 Å². The van der Waals surface area contributed by atoms with E-state index in [1.165, 1.54) is 109 Å². The van der Waals surface area contributed by atoms with Gasteiger partial charge in [-0.2, -0.15) is 0 Å². The Morgan fingerprint density at radius 3 is 0.930 bits per heavy atom. The Morgan fingerprint density at radius 2 is 0.620 bits per heavy atom. The molecule has 1 amide bonds. The molecule has 0 saturated heterocycles. The molecule has 2 unspecified atom stereocenters. The fourth-order valence-corrected chi connectivity index (χ4v) is 7.87. The van der Waals surface area contributed by atoms with Crippen molar-refractivity contribution in [3.05, 3.63) is 158 Å². The summed E-state index contributed by atoms with van der Waals surface area (Å²) in [7, 11) is 0. The number of aliphatic hydroxyl groups excluding tert-OH is 2. The molecule has 0 aromatic rings. The zero-order valence-electron chi connectivity index (χ0n) is 45.9. The van der Waals surface area contributed by atoms with Gasteiger partial charge >= 0.3 is 0 Å². The first-order valence-corrected chi connectivity index (χ1v) is 29.2. The molecule has 2 atom stereocenters. The molecule has 71 heavy (non-hydrogen) atoms. The third-order valence-corrected chi connectivity index (χ3v) is 12.3. The van der Waals surface area contributed by atoms with E-state index >= 15 is 0 Å². The van der Waals surface area contributed by atoms with Gasteiger partial charge in [0.25, 0.3) is 0 Å². The van der Waals surface area contributed by atoms with E-state index in [0.29, 0.717) is 6.42 Å². The van der Waals surface area contributed by atoms with E-state index in [0.717, 1.165) is 109 Å². The molecule has 0 radical (unpaired) electrons. The van der Waals surface area contributed by atoms with Gasteiger partial charge in [0.05, 0.1) is 18.8 Å². The van der Waals surface area contributed by atoms with Crippen LogP contribution in [0.5, 0.6) is 0 Å². The molecular formula is C67H109NO3. The summed E-state index contributed by atoms with van der Waals surface area (Å²) < 4.78 is 0. The first-order chi connectivity index (χ1) is 35.2. The molecule has 0 aliphatic rings. The monoisotopic (exact) mass is 976 g/mol. The van der Waals surface area contributed by atoms with Crippen LogP contribution >= 0.6 is 0 Å². The van der Waals surface area contributed by atoms with Gasteiger partial charge < -0.3 is 15.5 Å². The maximum Gasteiger partial charge on any atom is 0.220 e. The van der Waals surface area contributed by atoms with Gasteiger partial charge in [0.15, 0.2) is 0 Å². The molecule has 0 fully saturated rings. The van der Waals surface area contributed by atoms with Gasteiger partial charge in [-0.25, -0.2) is 0 Å². The number of nitrogens with one attached hydrogen (secondary N) is 1. The summed E-state index contributed by atoms with van der Waals surface area (Å²) in [5.74, 6) is -0.111. The molecule has 0 aromatic carbocycles. The normalized spacial score (nSPS) is 14.0. The molecule has 0 saturated carbocycles. The number of carbonyl (C=O) groups excluding carboxylic acids is 1. The Hall–Kier alpha value is -3.99. The van der Waals surface area contributed by atoms with Crippen LogP contribution in [0.3, 0.4) is 0 Å². The van der Waals surface area contributed by atoms with Crippen molar-refractivity contribution in [1.82, 2.24) is 5.32 Å². The minimum atomic E-state index is -0.870. The molecule has 0 aliphatic heterocycles. The second-order valence-electron chi connectivity index (χ2n) is 19.0. The summed E-state index contributed by atoms with van der Waals surface area (Å²) in [5.41, 5.74) is 0. The van der Waals surface area contributed by atoms with E-state index in [9.17, 15) is 15.0 Å². The van der Waals surface area contributed by atoms with Crippen LogP contribution < -0.4 is 5.32 Å². The maximum absolute atomic E-state index is 12.5. The second-order valence-corrected chi connectivity index (χ2v) is 19.0. The number of carbonyl (C=O) groups is 1. The Bertz CT molecular complexity index is 1530. The summed E-state index contributed by atoms with van der Waals surface area (Å²) in [6.45, 7) is 4.18. The number of rotatable bonds is 51. The van der Waals surface area contributed by atoms with Gasteiger partial charge in [-0.3, -0.25) is 4.79 Å². The summed E-state index contributed by atoms with van der Waals surface area (Å²) in [6, 6.07) is -0.658. The number of hydrogen-bond donors (Lipinski definition) is 3. The summed E-state index contributed by atoms with van der Waals surface area (Å²) in [4.78, 5) is 12.5. The van der Waals surface area contributed by atoms with Crippen LogP contribution in [0.4, 0.5) is 0 Å². The Balaban J connectivity index is 3.73. The predicted molar refractivity (Wildman–Crippen MR) is 317 cm³/mol. The minimum Gasteiger partial charge on any atom is -0.394 e. The predicted octanol–water partition coefficient (Wildman–Crippen LogP) is 19.7. The number of aliphatic hydroxyl groups is 2. The zero-order valence-corrected chi connectivity index (χ0v) is 45.9. The largest absolute Gasteiger partial charge is 0.394 e. The van der Waals surface area contributed by atoms with Gasteiger partial charge in [-0.05, 0) is 109 Å². The third-order valence-electron chi connectivity index (χ3n) is 12.3. The van der Waals surface area contributed by atoms with Gasteiger partial charge in [0.1, 0.15) is 0 Å². The van der Waals surface area contributed by atoms with Crippen LogP contribution in [0.1, 0.15) is 239 Å². The van der Waals surface area contributed by atoms with Crippen molar-refractivity contribution in [3.63, 3.8) is 0 Å². The average Bonchev–Trinajstić information content (AvgIpc) is 3.37. The number of allylic oxidation sites excluding steroid dienone is 25. The van der Waals surface area contributed by atoms with E-state index in [2.05, 4.69) is 165 Å². The Kier molecular flexibility index (Phi) is 56.9. The van der Waals surface area contributed by atoms with Gasteiger partial charge in [-0.1, -0.05) is 281 Å². The lowest BCUT2D eigenvalue weighted by molar-refractivity contribution is -0.123. The van der Waals surface area contributed by atoms with E-state index < -0.39 is 12.1 Å². The van der Waals surface area contributed by atoms with Crippen molar-refractivity contribution in [1.29, 1.82) is 0 Å². The highest BCUT2D eigenvalue weighted by molar-refractivity contribution is 5.76.